The van der Waals surface area contributed by atoms with Gasteiger partial charge in [0.25, 0.3) is 0 Å². The highest BCUT2D eigenvalue weighted by Gasteiger charge is 2.25. The molecule has 1 saturated carbocycles. The molecule has 34 heavy (non-hydrogen) atoms. The third kappa shape index (κ3) is 8.48. The lowest BCUT2D eigenvalue weighted by atomic mass is 9.83. The second-order valence-electron chi connectivity index (χ2n) is 12.1. The molecule has 188 valence electrons. The van der Waals surface area contributed by atoms with E-state index in [2.05, 4.69) is 60.6 Å². The van der Waals surface area contributed by atoms with Crippen LogP contribution >= 0.6 is 0 Å². The van der Waals surface area contributed by atoms with Gasteiger partial charge in [-0.25, -0.2) is 4.98 Å². The minimum Gasteiger partial charge on any atom is -0.364 e. The van der Waals surface area contributed by atoms with E-state index in [1.807, 2.05) is 16.8 Å². The molecule has 1 aliphatic rings. The first kappa shape index (κ1) is 27.4. The fraction of sp³-hybridized carbons (Fsp3) is 0.750. The summed E-state index contributed by atoms with van der Waals surface area (Å²) in [6.45, 7) is 16.8. The van der Waals surface area contributed by atoms with Crippen LogP contribution in [0.15, 0.2) is 18.3 Å². The second kappa shape index (κ2) is 12.2. The van der Waals surface area contributed by atoms with E-state index < -0.39 is 16.1 Å². The van der Waals surface area contributed by atoms with Crippen molar-refractivity contribution < 1.29 is 9.47 Å². The quantitative estimate of drug-likeness (QED) is 0.240. The maximum Gasteiger partial charge on any atom is 0.178 e. The van der Waals surface area contributed by atoms with Crippen molar-refractivity contribution in [3.8, 4) is 0 Å². The lowest BCUT2D eigenvalue weighted by molar-refractivity contribution is 0.0942. The van der Waals surface area contributed by atoms with Crippen molar-refractivity contribution in [2.24, 2.45) is 0 Å². The zero-order chi connectivity index (χ0) is 24.8. The van der Waals surface area contributed by atoms with Crippen LogP contribution in [0.2, 0.25) is 51.4 Å². The lowest BCUT2D eigenvalue weighted by Crippen LogP contribution is -2.33. The summed E-state index contributed by atoms with van der Waals surface area (Å²) in [5.74, 6) is 1.43. The van der Waals surface area contributed by atoms with Crippen molar-refractivity contribution in [1.29, 1.82) is 0 Å². The number of fused-ring (bicyclic) bond motifs is 1. The first-order valence-electron chi connectivity index (χ1n) is 12.8. The van der Waals surface area contributed by atoms with Gasteiger partial charge in [-0.05, 0) is 43.8 Å². The van der Waals surface area contributed by atoms with E-state index in [1.165, 1.54) is 0 Å². The van der Waals surface area contributed by atoms with Crippen LogP contribution in [-0.2, 0) is 9.47 Å². The number of ether oxygens (including phenoxy) is 2. The van der Waals surface area contributed by atoms with Crippen molar-refractivity contribution in [2.45, 2.75) is 89.0 Å². The van der Waals surface area contributed by atoms with Gasteiger partial charge in [-0.15, -0.1) is 0 Å². The van der Waals surface area contributed by atoms with Crippen LogP contribution in [0, 0.1) is 0 Å². The van der Waals surface area contributed by atoms with Crippen molar-refractivity contribution in [3.63, 3.8) is 0 Å². The highest BCUT2D eigenvalue weighted by molar-refractivity contribution is 6.76. The summed E-state index contributed by atoms with van der Waals surface area (Å²) < 4.78 is 14.3. The first-order valence-corrected chi connectivity index (χ1v) is 20.2. The van der Waals surface area contributed by atoms with Gasteiger partial charge in [0, 0.05) is 53.1 Å². The predicted molar refractivity (Wildman–Crippen MR) is 147 cm³/mol. The topological polar surface area (TPSA) is 63.9 Å². The fourth-order valence-electron chi connectivity index (χ4n) is 4.18. The molecular weight excluding hydrogens is 457 g/mol. The molecule has 10 heteroatoms. The van der Waals surface area contributed by atoms with Gasteiger partial charge in [0.2, 0.25) is 0 Å². The van der Waals surface area contributed by atoms with E-state index in [-0.39, 0.29) is 0 Å². The molecule has 1 aliphatic carbocycles. The Morgan fingerprint density at radius 3 is 2.12 bits per heavy atom. The van der Waals surface area contributed by atoms with E-state index >= 15 is 0 Å². The molecule has 2 aromatic rings. The van der Waals surface area contributed by atoms with Crippen LogP contribution in [0.3, 0.4) is 0 Å². The molecule has 0 bridgehead atoms. The minimum absolute atomic E-state index is 0.408. The third-order valence-electron chi connectivity index (χ3n) is 6.55. The van der Waals surface area contributed by atoms with Gasteiger partial charge in [0.15, 0.2) is 13.6 Å². The number of hydrogen-bond acceptors (Lipinski definition) is 6. The molecule has 2 aromatic heterocycles. The normalized spacial score (nSPS) is 19.6. The molecule has 1 N–H and O–H groups in total. The van der Waals surface area contributed by atoms with Crippen molar-refractivity contribution >= 4 is 35.6 Å². The molecule has 0 atom stereocenters. The number of nitrogens with one attached hydrogen (secondary N) is 1. The van der Waals surface area contributed by atoms with Crippen molar-refractivity contribution in [3.05, 3.63) is 24.0 Å². The molecule has 0 amide bonds. The summed E-state index contributed by atoms with van der Waals surface area (Å²) in [7, 11) is 3.38. The Bertz CT molecular complexity index is 870. The number of hydrogen-bond donors (Lipinski definition) is 1. The van der Waals surface area contributed by atoms with Crippen LogP contribution < -0.4 is 10.1 Å². The Kier molecular flexibility index (Phi) is 9.80. The van der Waals surface area contributed by atoms with E-state index in [0.29, 0.717) is 25.4 Å². The van der Waals surface area contributed by atoms with Crippen molar-refractivity contribution in [1.82, 2.24) is 19.8 Å². The maximum absolute atomic E-state index is 6.17. The van der Waals surface area contributed by atoms with E-state index in [4.69, 9.17) is 22.4 Å². The zero-order valence-electron chi connectivity index (χ0n) is 22.1. The smallest absolute Gasteiger partial charge is 0.178 e. The molecular formula is C24H44BN5O2Si2. The second-order valence-corrected chi connectivity index (χ2v) is 23.3. The van der Waals surface area contributed by atoms with Gasteiger partial charge < -0.3 is 19.6 Å². The van der Waals surface area contributed by atoms with Crippen molar-refractivity contribution in [2.75, 3.05) is 31.6 Å². The Morgan fingerprint density at radius 1 is 1.00 bits per heavy atom. The Hall–Kier alpha value is -1.20. The van der Waals surface area contributed by atoms with Crippen LogP contribution in [0.4, 0.5) is 5.82 Å². The number of aromatic nitrogens is 3. The van der Waals surface area contributed by atoms with Gasteiger partial charge >= 0.3 is 0 Å². The van der Waals surface area contributed by atoms with Gasteiger partial charge in [0.05, 0.1) is 6.20 Å². The summed E-state index contributed by atoms with van der Waals surface area (Å²) in [4.78, 5) is 7.14. The molecule has 0 aliphatic heterocycles. The largest absolute Gasteiger partial charge is 0.364 e. The fourth-order valence-corrected chi connectivity index (χ4v) is 5.69. The zero-order valence-corrected chi connectivity index (χ0v) is 24.1. The summed E-state index contributed by atoms with van der Waals surface area (Å²) in [6, 6.07) is 6.88. The highest BCUT2D eigenvalue weighted by Crippen LogP contribution is 2.33. The van der Waals surface area contributed by atoms with Crippen LogP contribution in [0.5, 0.6) is 0 Å². The van der Waals surface area contributed by atoms with Crippen LogP contribution in [-0.4, -0.2) is 71.4 Å². The molecule has 0 saturated heterocycles. The summed E-state index contributed by atoms with van der Waals surface area (Å²) in [5.41, 5.74) is 2.01. The van der Waals surface area contributed by atoms with E-state index in [0.717, 1.165) is 68.1 Å². The Labute approximate surface area is 209 Å². The molecule has 0 aromatic carbocycles. The third-order valence-corrected chi connectivity index (χ3v) is 9.96. The van der Waals surface area contributed by atoms with Gasteiger partial charge in [-0.3, -0.25) is 0 Å². The minimum atomic E-state index is -1.15. The van der Waals surface area contributed by atoms with E-state index in [9.17, 15) is 0 Å². The predicted octanol–water partition coefficient (Wildman–Crippen LogP) is 4.86. The lowest BCUT2D eigenvalue weighted by Gasteiger charge is -2.30. The maximum atomic E-state index is 6.17. The highest BCUT2D eigenvalue weighted by atomic mass is 28.3. The average Bonchev–Trinajstić information content (AvgIpc) is 3.25. The monoisotopic (exact) mass is 501 g/mol. The Balaban J connectivity index is 1.78. The number of nitrogens with zero attached hydrogens (tertiary/aromatic N) is 4. The van der Waals surface area contributed by atoms with Crippen LogP contribution in [0.1, 0.15) is 37.3 Å². The summed E-state index contributed by atoms with van der Waals surface area (Å²) in [6.07, 6.45) is 6.15. The molecule has 1 fully saturated rings. The summed E-state index contributed by atoms with van der Waals surface area (Å²) >= 11 is 0. The molecule has 0 unspecified atom stereocenters. The molecule has 2 radical (unpaired) electrons. The first-order chi connectivity index (χ1) is 16.1. The standard InChI is InChI=1S/C24H44BN5O2Si2/c1-33(2,3)15-13-31-18-29(19-32-14-16-34(4,5)6)24-17-22(27-23-11-12-26-30(23)24)20-7-9-21(28-25)10-8-20/h11-12,17,20-21,28H,7-10,13-16,18-19H2,1-6H3. The average molecular weight is 502 g/mol. The van der Waals surface area contributed by atoms with Gasteiger partial charge in [-0.1, -0.05) is 39.3 Å². The number of rotatable bonds is 13. The van der Waals surface area contributed by atoms with Crippen LogP contribution in [0.25, 0.3) is 5.65 Å². The SMILES string of the molecule is [B]NC1CCC(c2cc(N(COCC[Si](C)(C)C)COCC[Si](C)(C)C)n3nccc3n2)CC1. The Morgan fingerprint density at radius 2 is 1.59 bits per heavy atom. The molecule has 7 nitrogen and oxygen atoms in total. The van der Waals surface area contributed by atoms with Gasteiger partial charge in [-0.2, -0.15) is 9.61 Å². The molecule has 2 heterocycles. The van der Waals surface area contributed by atoms with E-state index in [1.54, 1.807) is 0 Å². The molecule has 3 rings (SSSR count). The molecule has 0 spiro atoms. The number of anilines is 1. The van der Waals surface area contributed by atoms with Gasteiger partial charge in [0.1, 0.15) is 19.3 Å². The summed E-state index contributed by atoms with van der Waals surface area (Å²) in [5, 5.41) is 7.51.